The molecule has 66 heavy (non-hydrogen) atoms. The Bertz CT molecular complexity index is 1530. The monoisotopic (exact) mass is 949 g/mol. The highest BCUT2D eigenvalue weighted by Crippen LogP contribution is 2.24. The first-order valence-corrected chi connectivity index (χ1v) is 26.8. The van der Waals surface area contributed by atoms with Crippen LogP contribution in [0.2, 0.25) is 0 Å². The van der Waals surface area contributed by atoms with E-state index in [0.29, 0.717) is 19.3 Å². The third kappa shape index (κ3) is 35.9. The number of allylic oxidation sites excluding steroid dienone is 14. The van der Waals surface area contributed by atoms with Crippen molar-refractivity contribution in [2.45, 2.75) is 218 Å². The molecule has 0 amide bonds. The fourth-order valence-electron chi connectivity index (χ4n) is 7.03. The molecule has 4 N–H and O–H groups in total. The number of esters is 2. The molecule has 0 aromatic carbocycles. The summed E-state index contributed by atoms with van der Waals surface area (Å²) in [5, 5.41) is 30.9. The summed E-state index contributed by atoms with van der Waals surface area (Å²) in [4.78, 5) is 25.5. The molecule has 378 valence electrons. The largest absolute Gasteiger partial charge is 0.462 e. The normalized spacial score (nSPS) is 20.1. The van der Waals surface area contributed by atoms with Crippen LogP contribution in [-0.2, 0) is 38.7 Å². The summed E-state index contributed by atoms with van der Waals surface area (Å²) >= 11 is 0. The highest BCUT2D eigenvalue weighted by molar-refractivity contribution is 7.85. The fourth-order valence-corrected chi connectivity index (χ4v) is 7.72. The Hall–Kier alpha value is -3.17. The molecule has 0 aromatic rings. The van der Waals surface area contributed by atoms with Crippen LogP contribution in [0.25, 0.3) is 0 Å². The van der Waals surface area contributed by atoms with E-state index in [2.05, 4.69) is 92.8 Å². The Morgan fingerprint density at radius 2 is 0.924 bits per heavy atom. The van der Waals surface area contributed by atoms with Gasteiger partial charge in [-0.05, 0) is 89.9 Å². The molecule has 0 aliphatic carbocycles. The van der Waals surface area contributed by atoms with E-state index in [1.165, 1.54) is 64.2 Å². The smallest absolute Gasteiger partial charge is 0.306 e. The predicted molar refractivity (Wildman–Crippen MR) is 265 cm³/mol. The second kappa shape index (κ2) is 42.0. The third-order valence-corrected chi connectivity index (χ3v) is 11.7. The number of ether oxygens (including phenoxy) is 4. The van der Waals surface area contributed by atoms with E-state index < -0.39 is 71.2 Å². The van der Waals surface area contributed by atoms with Gasteiger partial charge in [0.1, 0.15) is 36.8 Å². The van der Waals surface area contributed by atoms with Crippen LogP contribution in [0.15, 0.2) is 85.1 Å². The zero-order chi connectivity index (χ0) is 48.4. The minimum Gasteiger partial charge on any atom is -0.462 e. The summed E-state index contributed by atoms with van der Waals surface area (Å²) in [6, 6.07) is 0. The lowest BCUT2D eigenvalue weighted by Crippen LogP contribution is -2.60. The Balaban J connectivity index is 2.46. The first-order valence-electron chi connectivity index (χ1n) is 25.1. The second-order valence-corrected chi connectivity index (χ2v) is 18.6. The van der Waals surface area contributed by atoms with Crippen LogP contribution in [0.5, 0.6) is 0 Å². The van der Waals surface area contributed by atoms with Gasteiger partial charge in [-0.25, -0.2) is 0 Å². The zero-order valence-electron chi connectivity index (χ0n) is 40.5. The third-order valence-electron chi connectivity index (χ3n) is 10.9. The summed E-state index contributed by atoms with van der Waals surface area (Å²) < 4.78 is 54.1. The molecule has 13 heteroatoms. The van der Waals surface area contributed by atoms with Gasteiger partial charge < -0.3 is 34.3 Å². The van der Waals surface area contributed by atoms with Crippen molar-refractivity contribution in [2.24, 2.45) is 0 Å². The van der Waals surface area contributed by atoms with Crippen molar-refractivity contribution in [1.29, 1.82) is 0 Å². The van der Waals surface area contributed by atoms with Crippen LogP contribution in [0.3, 0.4) is 0 Å². The molecule has 0 bridgehead atoms. The van der Waals surface area contributed by atoms with Crippen molar-refractivity contribution in [2.75, 3.05) is 19.0 Å². The van der Waals surface area contributed by atoms with Crippen molar-refractivity contribution in [3.8, 4) is 0 Å². The van der Waals surface area contributed by atoms with Gasteiger partial charge in [0, 0.05) is 12.8 Å². The number of carbonyl (C=O) groups excluding carboxylic acids is 2. The standard InChI is InChI=1S/C53H88O12S/c1-3-5-7-9-11-13-15-17-19-21-22-23-24-26-27-29-31-33-35-37-39-41-48(54)62-43-46(44-63-53-52(58)51(57)50(56)47(65-53)45-66(59,60)61)64-49(55)42-40-38-36-34-32-30-28-25-20-18-16-14-12-10-8-6-4-2/h12,14,18-21,23-24,27-30,33,35,46-47,50-53,56-58H,3-11,13,15-17,22,25-26,31-32,34,36-45H2,1-2H3,(H,59,60,61)/b14-12+,20-18+,21-19+,24-23+,29-27+,30-28+,35-33+/t46-,47-,50-,51?,52?,53+/m1/s1. The highest BCUT2D eigenvalue weighted by Gasteiger charge is 2.46. The molecular formula is C53H88O12S. The molecule has 1 fully saturated rings. The average Bonchev–Trinajstić information content (AvgIpc) is 3.28. The van der Waals surface area contributed by atoms with Crippen LogP contribution in [0.1, 0.15) is 181 Å². The van der Waals surface area contributed by atoms with Crippen molar-refractivity contribution in [3.63, 3.8) is 0 Å². The second-order valence-electron chi connectivity index (χ2n) is 17.1. The van der Waals surface area contributed by atoms with E-state index in [1.54, 1.807) is 0 Å². The quantitative estimate of drug-likeness (QED) is 0.0197. The van der Waals surface area contributed by atoms with Crippen molar-refractivity contribution < 1.29 is 56.8 Å². The molecular weight excluding hydrogens is 861 g/mol. The maximum absolute atomic E-state index is 12.8. The maximum atomic E-state index is 12.8. The molecule has 2 unspecified atom stereocenters. The molecule has 0 spiro atoms. The van der Waals surface area contributed by atoms with Crippen LogP contribution in [-0.4, -0.2) is 96.0 Å². The summed E-state index contributed by atoms with van der Waals surface area (Å²) in [6.07, 6.45) is 46.3. The maximum Gasteiger partial charge on any atom is 0.306 e. The molecule has 6 atom stereocenters. The van der Waals surface area contributed by atoms with Crippen LogP contribution in [0, 0.1) is 0 Å². The van der Waals surface area contributed by atoms with Gasteiger partial charge in [-0.2, -0.15) is 8.42 Å². The molecule has 12 nitrogen and oxygen atoms in total. The van der Waals surface area contributed by atoms with Gasteiger partial charge in [0.05, 0.1) is 6.61 Å². The lowest BCUT2D eigenvalue weighted by atomic mass is 10.00. The summed E-state index contributed by atoms with van der Waals surface area (Å²) in [5.74, 6) is -2.09. The minimum absolute atomic E-state index is 0.122. The van der Waals surface area contributed by atoms with Gasteiger partial charge in [-0.3, -0.25) is 14.1 Å². The van der Waals surface area contributed by atoms with Crippen molar-refractivity contribution in [3.05, 3.63) is 85.1 Å². The van der Waals surface area contributed by atoms with Crippen LogP contribution >= 0.6 is 0 Å². The van der Waals surface area contributed by atoms with E-state index in [0.717, 1.165) is 70.6 Å². The molecule has 1 saturated heterocycles. The van der Waals surface area contributed by atoms with E-state index in [-0.39, 0.29) is 19.4 Å². The molecule has 0 radical (unpaired) electrons. The van der Waals surface area contributed by atoms with E-state index in [1.807, 2.05) is 6.08 Å². The molecule has 1 rings (SSSR count). The Kier molecular flexibility index (Phi) is 38.7. The van der Waals surface area contributed by atoms with Crippen molar-refractivity contribution >= 4 is 22.1 Å². The van der Waals surface area contributed by atoms with Gasteiger partial charge in [-0.15, -0.1) is 0 Å². The molecule has 1 aliphatic rings. The van der Waals surface area contributed by atoms with Crippen LogP contribution < -0.4 is 0 Å². The van der Waals surface area contributed by atoms with Gasteiger partial charge in [0.25, 0.3) is 10.1 Å². The van der Waals surface area contributed by atoms with E-state index >= 15 is 0 Å². The molecule has 0 saturated carbocycles. The minimum atomic E-state index is -4.62. The number of aliphatic hydroxyl groups is 3. The zero-order valence-corrected chi connectivity index (χ0v) is 41.3. The number of aliphatic hydroxyl groups excluding tert-OH is 3. The predicted octanol–water partition coefficient (Wildman–Crippen LogP) is 11.2. The fraction of sp³-hybridized carbons (Fsp3) is 0.698. The van der Waals surface area contributed by atoms with E-state index in [4.69, 9.17) is 18.9 Å². The number of hydrogen-bond acceptors (Lipinski definition) is 11. The van der Waals surface area contributed by atoms with E-state index in [9.17, 15) is 37.9 Å². The number of carbonyl (C=O) groups is 2. The highest BCUT2D eigenvalue weighted by atomic mass is 32.2. The summed E-state index contributed by atoms with van der Waals surface area (Å²) in [5.41, 5.74) is 0. The lowest BCUT2D eigenvalue weighted by Gasteiger charge is -2.40. The van der Waals surface area contributed by atoms with Crippen molar-refractivity contribution in [1.82, 2.24) is 0 Å². The van der Waals surface area contributed by atoms with Crippen LogP contribution in [0.4, 0.5) is 0 Å². The number of hydrogen-bond donors (Lipinski definition) is 4. The topological polar surface area (TPSA) is 186 Å². The number of unbranched alkanes of at least 4 members (excludes halogenated alkanes) is 15. The summed E-state index contributed by atoms with van der Waals surface area (Å²) in [7, 11) is -4.62. The van der Waals surface area contributed by atoms with Gasteiger partial charge in [0.15, 0.2) is 12.4 Å². The lowest BCUT2D eigenvalue weighted by molar-refractivity contribution is -0.297. The Labute approximate surface area is 399 Å². The molecule has 1 aliphatic heterocycles. The molecule has 0 aromatic heterocycles. The Morgan fingerprint density at radius 1 is 0.515 bits per heavy atom. The number of rotatable bonds is 41. The first kappa shape index (κ1) is 60.8. The van der Waals surface area contributed by atoms with Gasteiger partial charge >= 0.3 is 11.9 Å². The Morgan fingerprint density at radius 3 is 1.42 bits per heavy atom. The van der Waals surface area contributed by atoms with Gasteiger partial charge in [-0.1, -0.05) is 163 Å². The first-order chi connectivity index (χ1) is 32.0. The average molecular weight is 949 g/mol. The van der Waals surface area contributed by atoms with Gasteiger partial charge in [0.2, 0.25) is 0 Å². The summed E-state index contributed by atoms with van der Waals surface area (Å²) in [6.45, 7) is 3.67. The molecule has 1 heterocycles. The SMILES string of the molecule is CCCCC/C=C/C/C=C/C/C=C/CCCCCCC(=O)O[C@H](COC(=O)CCC/C=C/C/C=C/C/C=C/C/C=C/CCCCCCCCC)CO[C@H]1O[C@H](CS(=O)(=O)O)[C@@H](O)C(O)C1O.